The second-order valence-corrected chi connectivity index (χ2v) is 16.1. The molecular formula is C38H59N5O8. The van der Waals surface area contributed by atoms with Crippen molar-refractivity contribution in [2.75, 3.05) is 0 Å². The smallest absolute Gasteiger partial charge is 0.408 e. The van der Waals surface area contributed by atoms with Gasteiger partial charge in [0.15, 0.2) is 0 Å². The first-order valence-electron chi connectivity index (χ1n) is 17.5. The summed E-state index contributed by atoms with van der Waals surface area (Å²) in [6.45, 7) is 24.7. The van der Waals surface area contributed by atoms with Crippen LogP contribution in [-0.4, -0.2) is 67.7 Å². The average Bonchev–Trinajstić information content (AvgIpc) is 3.47. The molecule has 51 heavy (non-hydrogen) atoms. The number of aromatic nitrogens is 2. The topological polar surface area (TPSA) is 172 Å². The van der Waals surface area contributed by atoms with Gasteiger partial charge in [0.25, 0.3) is 11.8 Å². The molecule has 1 aromatic heterocycles. The van der Waals surface area contributed by atoms with Crippen LogP contribution >= 0.6 is 0 Å². The lowest BCUT2D eigenvalue weighted by atomic mass is 9.91. The zero-order chi connectivity index (χ0) is 39.2. The van der Waals surface area contributed by atoms with Gasteiger partial charge in [-0.1, -0.05) is 66.7 Å². The SMILES string of the molecule is Cc1c(COC(=O)C(C(C)C)N(N)C(=O)C(C(=O)OC(C)(C)C)C(C)C)cccc1[C@H](C)c1cn(C(=O)C(NC(=O)OC(C)(C)C)C(C)C)cn1. The Morgan fingerprint density at radius 1 is 0.863 bits per heavy atom. The van der Waals surface area contributed by atoms with Crippen LogP contribution < -0.4 is 11.2 Å². The highest BCUT2D eigenvalue weighted by molar-refractivity contribution is 5.99. The molecule has 0 aliphatic carbocycles. The Morgan fingerprint density at radius 2 is 1.45 bits per heavy atom. The third-order valence-electron chi connectivity index (χ3n) is 8.25. The highest BCUT2D eigenvalue weighted by Crippen LogP contribution is 2.29. The third-order valence-corrected chi connectivity index (χ3v) is 8.25. The fourth-order valence-electron chi connectivity index (χ4n) is 5.54. The first-order chi connectivity index (χ1) is 23.4. The lowest BCUT2D eigenvalue weighted by Gasteiger charge is -2.33. The number of alkyl carbamates (subject to hydrolysis) is 1. The fourth-order valence-corrected chi connectivity index (χ4v) is 5.54. The van der Waals surface area contributed by atoms with Gasteiger partial charge in [0.1, 0.15) is 42.1 Å². The number of carbonyl (C=O) groups excluding carboxylic acids is 5. The maximum Gasteiger partial charge on any atom is 0.408 e. The molecule has 2 amide bonds. The number of carbonyl (C=O) groups is 5. The van der Waals surface area contributed by atoms with E-state index in [9.17, 15) is 24.0 Å². The van der Waals surface area contributed by atoms with E-state index in [-0.39, 0.29) is 24.3 Å². The summed E-state index contributed by atoms with van der Waals surface area (Å²) in [6, 6.07) is 3.64. The van der Waals surface area contributed by atoms with E-state index in [0.29, 0.717) is 5.69 Å². The van der Waals surface area contributed by atoms with Gasteiger partial charge in [0.2, 0.25) is 0 Å². The second kappa shape index (κ2) is 17.3. The Morgan fingerprint density at radius 3 is 1.96 bits per heavy atom. The van der Waals surface area contributed by atoms with Crippen LogP contribution in [0, 0.1) is 30.6 Å². The van der Waals surface area contributed by atoms with Gasteiger partial charge in [-0.05, 0) is 82.9 Å². The van der Waals surface area contributed by atoms with E-state index in [4.69, 9.17) is 20.1 Å². The van der Waals surface area contributed by atoms with E-state index in [1.165, 1.54) is 10.9 Å². The van der Waals surface area contributed by atoms with Crippen molar-refractivity contribution in [1.82, 2.24) is 19.9 Å². The van der Waals surface area contributed by atoms with E-state index in [1.54, 1.807) is 75.4 Å². The number of nitrogens with zero attached hydrogens (tertiary/aromatic N) is 3. The van der Waals surface area contributed by atoms with Gasteiger partial charge in [-0.2, -0.15) is 0 Å². The zero-order valence-electron chi connectivity index (χ0n) is 32.8. The molecule has 3 unspecified atom stereocenters. The number of rotatable bonds is 13. The summed E-state index contributed by atoms with van der Waals surface area (Å²) in [4.78, 5) is 70.3. The summed E-state index contributed by atoms with van der Waals surface area (Å²) >= 11 is 0. The normalized spacial score (nSPS) is 14.5. The second-order valence-electron chi connectivity index (χ2n) is 16.1. The van der Waals surface area contributed by atoms with Crippen LogP contribution in [0.15, 0.2) is 30.7 Å². The zero-order valence-corrected chi connectivity index (χ0v) is 32.8. The summed E-state index contributed by atoms with van der Waals surface area (Å²) in [5.74, 6) is 1.27. The Bertz CT molecular complexity index is 1550. The number of hydrogen-bond acceptors (Lipinski definition) is 10. The quantitative estimate of drug-likeness (QED) is 0.0634. The van der Waals surface area contributed by atoms with Crippen molar-refractivity contribution >= 4 is 29.8 Å². The van der Waals surface area contributed by atoms with Crippen molar-refractivity contribution in [2.24, 2.45) is 29.5 Å². The molecule has 1 aromatic carbocycles. The van der Waals surface area contributed by atoms with Crippen molar-refractivity contribution in [3.8, 4) is 0 Å². The molecular weight excluding hydrogens is 654 g/mol. The molecule has 0 fully saturated rings. The maximum absolute atomic E-state index is 13.5. The summed E-state index contributed by atoms with van der Waals surface area (Å²) in [6.07, 6.45) is 2.40. The van der Waals surface area contributed by atoms with Crippen LogP contribution in [-0.2, 0) is 35.2 Å². The van der Waals surface area contributed by atoms with E-state index >= 15 is 0 Å². The number of ether oxygens (including phenoxy) is 3. The number of amides is 2. The molecule has 0 bridgehead atoms. The van der Waals surface area contributed by atoms with Crippen molar-refractivity contribution in [2.45, 2.75) is 133 Å². The molecule has 4 atom stereocenters. The van der Waals surface area contributed by atoms with Crippen LogP contribution in [0.5, 0.6) is 0 Å². The highest BCUT2D eigenvalue weighted by Gasteiger charge is 2.41. The summed E-state index contributed by atoms with van der Waals surface area (Å²) in [5, 5.41) is 3.48. The molecule has 0 aliphatic heterocycles. The van der Waals surface area contributed by atoms with Gasteiger partial charge < -0.3 is 19.5 Å². The summed E-state index contributed by atoms with van der Waals surface area (Å²) in [7, 11) is 0. The van der Waals surface area contributed by atoms with Crippen molar-refractivity contribution in [3.63, 3.8) is 0 Å². The molecule has 0 saturated carbocycles. The number of nitrogens with one attached hydrogen (secondary N) is 1. The molecule has 0 aliphatic rings. The first-order valence-corrected chi connectivity index (χ1v) is 17.5. The van der Waals surface area contributed by atoms with Gasteiger partial charge in [-0.25, -0.2) is 20.4 Å². The number of esters is 2. The maximum atomic E-state index is 13.5. The number of hydrazine groups is 1. The van der Waals surface area contributed by atoms with Crippen molar-refractivity contribution in [3.05, 3.63) is 53.1 Å². The van der Waals surface area contributed by atoms with E-state index < -0.39 is 65.0 Å². The van der Waals surface area contributed by atoms with E-state index in [1.807, 2.05) is 45.9 Å². The minimum absolute atomic E-state index is 0.0878. The Kier molecular flexibility index (Phi) is 14.6. The number of nitrogens with two attached hydrogens (primary N) is 1. The number of imidazole rings is 1. The Balaban J connectivity index is 2.24. The van der Waals surface area contributed by atoms with Crippen LogP contribution in [0.25, 0.3) is 0 Å². The number of benzene rings is 1. The Hall–Kier alpha value is -4.26. The number of hydrogen-bond donors (Lipinski definition) is 2. The predicted octanol–water partition coefficient (Wildman–Crippen LogP) is 5.92. The molecule has 0 saturated heterocycles. The molecule has 0 radical (unpaired) electrons. The highest BCUT2D eigenvalue weighted by atomic mass is 16.6. The van der Waals surface area contributed by atoms with Crippen molar-refractivity contribution in [1.29, 1.82) is 0 Å². The van der Waals surface area contributed by atoms with Crippen LogP contribution in [0.3, 0.4) is 0 Å². The average molecular weight is 714 g/mol. The first kappa shape index (κ1) is 42.9. The third kappa shape index (κ3) is 11.9. The van der Waals surface area contributed by atoms with Crippen LogP contribution in [0.4, 0.5) is 4.79 Å². The fraction of sp³-hybridized carbons (Fsp3) is 0.632. The van der Waals surface area contributed by atoms with Gasteiger partial charge in [-0.15, -0.1) is 0 Å². The lowest BCUT2D eigenvalue weighted by molar-refractivity contribution is -0.171. The van der Waals surface area contributed by atoms with Crippen LogP contribution in [0.2, 0.25) is 0 Å². The molecule has 0 spiro atoms. The van der Waals surface area contributed by atoms with Crippen LogP contribution in [0.1, 0.15) is 123 Å². The Labute approximate surface area is 302 Å². The van der Waals surface area contributed by atoms with Gasteiger partial charge in [-0.3, -0.25) is 24.0 Å². The molecule has 13 nitrogen and oxygen atoms in total. The van der Waals surface area contributed by atoms with Crippen molar-refractivity contribution < 1.29 is 38.2 Å². The standard InChI is InChI=1S/C38H59N5O8/c1-21(2)29(34(46)50-37(9,10)11)32(44)43(39)31(23(5)6)35(47)49-19-26-16-15-17-27(24(26)7)25(8)28-18-42(20-40-28)33(45)30(22(3)4)41-36(48)51-38(12,13)14/h15-18,20-23,25,29-31H,19,39H2,1-14H3,(H,41,48)/t25-,29?,30?,31?/m0/s1. The molecule has 13 heteroatoms. The summed E-state index contributed by atoms with van der Waals surface area (Å²) < 4.78 is 17.9. The summed E-state index contributed by atoms with van der Waals surface area (Å²) in [5.41, 5.74) is 1.60. The molecule has 2 rings (SSSR count). The van der Waals surface area contributed by atoms with E-state index in [0.717, 1.165) is 21.7 Å². The van der Waals surface area contributed by atoms with Gasteiger partial charge >= 0.3 is 18.0 Å². The largest absolute Gasteiger partial charge is 0.459 e. The molecule has 1 heterocycles. The van der Waals surface area contributed by atoms with Gasteiger partial charge in [0, 0.05) is 12.1 Å². The predicted molar refractivity (Wildman–Crippen MR) is 193 cm³/mol. The van der Waals surface area contributed by atoms with E-state index in [2.05, 4.69) is 10.3 Å². The molecule has 3 N–H and O–H groups in total. The monoisotopic (exact) mass is 713 g/mol. The van der Waals surface area contributed by atoms with Gasteiger partial charge in [0.05, 0.1) is 5.69 Å². The minimum atomic E-state index is -1.19. The lowest BCUT2D eigenvalue weighted by Crippen LogP contribution is -2.56. The minimum Gasteiger partial charge on any atom is -0.459 e. The molecule has 284 valence electrons. The molecule has 2 aromatic rings.